The lowest BCUT2D eigenvalue weighted by Gasteiger charge is -2.36. The van der Waals surface area contributed by atoms with Gasteiger partial charge in [0.25, 0.3) is 0 Å². The number of urea groups is 1. The molecule has 3 heterocycles. The molecule has 1 saturated heterocycles. The molecule has 0 unspecified atom stereocenters. The minimum absolute atomic E-state index is 0.261. The summed E-state index contributed by atoms with van der Waals surface area (Å²) in [4.78, 5) is 42.7. The lowest BCUT2D eigenvalue weighted by Crippen LogP contribution is -2.47. The molecule has 3 amide bonds. The van der Waals surface area contributed by atoms with E-state index in [1.54, 1.807) is 57.7 Å². The highest BCUT2D eigenvalue weighted by atomic mass is 16.5. The minimum atomic E-state index is -0.333. The Labute approximate surface area is 257 Å². The van der Waals surface area contributed by atoms with Crippen molar-refractivity contribution in [1.29, 1.82) is 0 Å². The number of carbonyl (C=O) groups excluding carboxylic acids is 2. The van der Waals surface area contributed by atoms with Crippen LogP contribution in [0.1, 0.15) is 5.56 Å². The molecular weight excluding hydrogens is 564 g/mol. The Balaban J connectivity index is 1.36. The highest BCUT2D eigenvalue weighted by Gasteiger charge is 2.31. The molecule has 13 nitrogen and oxygen atoms in total. The SMILES string of the molecule is C=CC(=O)Nc1cc(N2CCN(CCOC)CC2)ccc1Nc1ncc2c(n1)N(C)C(=O)N(c1cc(OC)cc(OC)c1)C2. The Bertz CT molecular complexity index is 1500. The molecule has 13 heteroatoms. The fraction of sp³-hybridized carbons (Fsp3) is 0.355. The van der Waals surface area contributed by atoms with Crippen LogP contribution in [0.4, 0.5) is 39.3 Å². The largest absolute Gasteiger partial charge is 0.497 e. The summed E-state index contributed by atoms with van der Waals surface area (Å²) in [5, 5.41) is 6.12. The van der Waals surface area contributed by atoms with Gasteiger partial charge in [-0.05, 0) is 24.3 Å². The maximum Gasteiger partial charge on any atom is 0.330 e. The van der Waals surface area contributed by atoms with Crippen LogP contribution in [-0.2, 0) is 16.1 Å². The quantitative estimate of drug-likeness (QED) is 0.314. The van der Waals surface area contributed by atoms with Gasteiger partial charge in [-0.15, -0.1) is 0 Å². The zero-order valence-electron chi connectivity index (χ0n) is 25.5. The number of nitrogens with zero attached hydrogens (tertiary/aromatic N) is 6. The van der Waals surface area contributed by atoms with E-state index in [0.717, 1.165) is 44.0 Å². The van der Waals surface area contributed by atoms with Crippen LogP contribution in [0.3, 0.4) is 0 Å². The maximum absolute atomic E-state index is 13.4. The molecule has 44 heavy (non-hydrogen) atoms. The second-order valence-electron chi connectivity index (χ2n) is 10.4. The van der Waals surface area contributed by atoms with Gasteiger partial charge in [0.05, 0.1) is 44.4 Å². The molecule has 0 saturated carbocycles. The van der Waals surface area contributed by atoms with E-state index in [9.17, 15) is 9.59 Å². The summed E-state index contributed by atoms with van der Waals surface area (Å²) < 4.78 is 16.0. The fourth-order valence-electron chi connectivity index (χ4n) is 5.22. The van der Waals surface area contributed by atoms with Gasteiger partial charge in [-0.2, -0.15) is 4.98 Å². The summed E-state index contributed by atoms with van der Waals surface area (Å²) in [6.45, 7) is 9.04. The Hall–Kier alpha value is -4.88. The topological polar surface area (TPSA) is 125 Å². The van der Waals surface area contributed by atoms with Crippen LogP contribution in [0, 0.1) is 0 Å². The number of anilines is 6. The third-order valence-electron chi connectivity index (χ3n) is 7.70. The molecule has 2 N–H and O–H groups in total. The Morgan fingerprint density at radius 3 is 2.39 bits per heavy atom. The molecule has 0 bridgehead atoms. The number of carbonyl (C=O) groups is 2. The van der Waals surface area contributed by atoms with Gasteiger partial charge in [0.2, 0.25) is 11.9 Å². The van der Waals surface area contributed by atoms with E-state index >= 15 is 0 Å². The first-order valence-electron chi connectivity index (χ1n) is 14.3. The van der Waals surface area contributed by atoms with Gasteiger partial charge in [-0.25, -0.2) is 9.78 Å². The molecule has 2 aromatic carbocycles. The van der Waals surface area contributed by atoms with E-state index in [-0.39, 0.29) is 24.4 Å². The molecule has 1 fully saturated rings. The van der Waals surface area contributed by atoms with Crippen molar-refractivity contribution in [1.82, 2.24) is 14.9 Å². The van der Waals surface area contributed by atoms with Gasteiger partial charge >= 0.3 is 6.03 Å². The van der Waals surface area contributed by atoms with Crippen molar-refractivity contribution in [2.24, 2.45) is 0 Å². The standard InChI is InChI=1S/C31H38N8O5/c1-6-28(40)33-27-17-22(38-11-9-37(10-12-38)13-14-42-3)7-8-26(27)34-30-32-19-21-20-39(31(41)36(2)29(21)35-30)23-15-24(43-4)18-25(16-23)44-5/h6-8,15-19H,1,9-14,20H2,2-5H3,(H,33,40)(H,32,34,35). The number of methoxy groups -OCH3 is 3. The highest BCUT2D eigenvalue weighted by molar-refractivity contribution is 6.05. The average Bonchev–Trinajstić information content (AvgIpc) is 3.06. The van der Waals surface area contributed by atoms with E-state index in [2.05, 4.69) is 37.0 Å². The van der Waals surface area contributed by atoms with E-state index in [1.807, 2.05) is 18.2 Å². The molecular formula is C31H38N8O5. The Morgan fingerprint density at radius 1 is 1.00 bits per heavy atom. The van der Waals surface area contributed by atoms with Gasteiger partial charge in [0, 0.05) is 82.5 Å². The fourth-order valence-corrected chi connectivity index (χ4v) is 5.22. The molecule has 3 aromatic rings. The normalized spacial score (nSPS) is 15.1. The average molecular weight is 603 g/mol. The number of hydrogen-bond donors (Lipinski definition) is 2. The summed E-state index contributed by atoms with van der Waals surface area (Å²) in [6.07, 6.45) is 2.92. The van der Waals surface area contributed by atoms with Gasteiger partial charge in [0.15, 0.2) is 0 Å². The molecule has 0 radical (unpaired) electrons. The molecule has 2 aliphatic heterocycles. The highest BCUT2D eigenvalue weighted by Crippen LogP contribution is 2.35. The smallest absolute Gasteiger partial charge is 0.330 e. The van der Waals surface area contributed by atoms with Crippen LogP contribution in [0.2, 0.25) is 0 Å². The first kappa shape index (κ1) is 30.6. The van der Waals surface area contributed by atoms with Gasteiger partial charge in [-0.1, -0.05) is 6.58 Å². The van der Waals surface area contributed by atoms with Crippen molar-refractivity contribution in [2.75, 3.05) is 93.0 Å². The number of aromatic nitrogens is 2. The van der Waals surface area contributed by atoms with Crippen molar-refractivity contribution in [3.63, 3.8) is 0 Å². The van der Waals surface area contributed by atoms with Gasteiger partial charge in [-0.3, -0.25) is 19.5 Å². The number of ether oxygens (including phenoxy) is 3. The molecule has 0 aliphatic carbocycles. The summed E-state index contributed by atoms with van der Waals surface area (Å²) in [5.74, 6) is 1.59. The first-order chi connectivity index (χ1) is 21.3. The van der Waals surface area contributed by atoms with E-state index in [4.69, 9.17) is 14.2 Å². The van der Waals surface area contributed by atoms with E-state index in [0.29, 0.717) is 41.0 Å². The zero-order valence-corrected chi connectivity index (χ0v) is 25.5. The second-order valence-corrected chi connectivity index (χ2v) is 10.4. The van der Waals surface area contributed by atoms with Crippen LogP contribution in [0.15, 0.2) is 55.3 Å². The summed E-state index contributed by atoms with van der Waals surface area (Å²) in [5.41, 5.74) is 3.56. The van der Waals surface area contributed by atoms with E-state index < -0.39 is 0 Å². The van der Waals surface area contributed by atoms with E-state index in [1.165, 1.54) is 11.0 Å². The van der Waals surface area contributed by atoms with Crippen molar-refractivity contribution in [2.45, 2.75) is 6.54 Å². The van der Waals surface area contributed by atoms with Crippen molar-refractivity contribution in [3.05, 3.63) is 60.8 Å². The number of rotatable bonds is 11. The Morgan fingerprint density at radius 2 is 1.73 bits per heavy atom. The monoisotopic (exact) mass is 602 g/mol. The summed E-state index contributed by atoms with van der Waals surface area (Å²) in [7, 11) is 6.51. The van der Waals surface area contributed by atoms with Crippen LogP contribution in [0.5, 0.6) is 11.5 Å². The number of fused-ring (bicyclic) bond motifs is 1. The summed E-state index contributed by atoms with van der Waals surface area (Å²) in [6, 6.07) is 10.9. The number of hydrogen-bond acceptors (Lipinski definition) is 10. The summed E-state index contributed by atoms with van der Waals surface area (Å²) >= 11 is 0. The number of nitrogens with one attached hydrogen (secondary N) is 2. The Kier molecular flexibility index (Phi) is 9.46. The number of piperazine rings is 1. The van der Waals surface area contributed by atoms with Crippen LogP contribution in [-0.4, -0.2) is 94.5 Å². The van der Waals surface area contributed by atoms with Crippen LogP contribution in [0.25, 0.3) is 0 Å². The van der Waals surface area contributed by atoms with Crippen molar-refractivity contribution >= 4 is 46.5 Å². The zero-order chi connectivity index (χ0) is 31.2. The van der Waals surface area contributed by atoms with Gasteiger partial charge in [0.1, 0.15) is 17.3 Å². The lowest BCUT2D eigenvalue weighted by molar-refractivity contribution is -0.111. The molecule has 2 aliphatic rings. The molecule has 0 atom stereocenters. The third-order valence-corrected chi connectivity index (χ3v) is 7.70. The second kappa shape index (κ2) is 13.6. The molecule has 0 spiro atoms. The van der Waals surface area contributed by atoms with Crippen molar-refractivity contribution < 1.29 is 23.8 Å². The van der Waals surface area contributed by atoms with Crippen LogP contribution >= 0.6 is 0 Å². The molecule has 1 aromatic heterocycles. The van der Waals surface area contributed by atoms with Crippen LogP contribution < -0.4 is 34.8 Å². The third kappa shape index (κ3) is 6.68. The predicted molar refractivity (Wildman–Crippen MR) is 171 cm³/mol. The maximum atomic E-state index is 13.4. The first-order valence-corrected chi connectivity index (χ1v) is 14.3. The van der Waals surface area contributed by atoms with Crippen molar-refractivity contribution in [3.8, 4) is 11.5 Å². The van der Waals surface area contributed by atoms with Gasteiger partial charge < -0.3 is 29.7 Å². The molecule has 232 valence electrons. The minimum Gasteiger partial charge on any atom is -0.497 e. The molecule has 5 rings (SSSR count). The number of amides is 3. The predicted octanol–water partition coefficient (Wildman–Crippen LogP) is 3.71. The number of benzene rings is 2. The lowest BCUT2D eigenvalue weighted by atomic mass is 10.2.